The molecule has 0 aromatic carbocycles. The molecule has 1 saturated carbocycles. The van der Waals surface area contributed by atoms with Gasteiger partial charge in [-0.3, -0.25) is 0 Å². The molecule has 2 atom stereocenters. The second-order valence-corrected chi connectivity index (χ2v) is 5.97. The van der Waals surface area contributed by atoms with E-state index >= 15 is 0 Å². The third kappa shape index (κ3) is 1.22. The number of piperidine rings is 1. The Labute approximate surface area is 86.9 Å². The first-order valence-corrected chi connectivity index (χ1v) is 6.62. The van der Waals surface area contributed by atoms with Crippen molar-refractivity contribution in [1.82, 2.24) is 3.88 Å². The van der Waals surface area contributed by atoms with E-state index in [2.05, 4.69) is 3.88 Å². The Morgan fingerprint density at radius 3 is 3.15 bits per heavy atom. The van der Waals surface area contributed by atoms with Crippen LogP contribution in [0.15, 0.2) is 0 Å². The number of nitrogens with zero attached hydrogens (tertiary/aromatic N) is 1. The van der Waals surface area contributed by atoms with E-state index in [1.807, 2.05) is 0 Å². The van der Waals surface area contributed by atoms with Crippen molar-refractivity contribution in [3.8, 4) is 0 Å². The fourth-order valence-electron chi connectivity index (χ4n) is 3.52. The Kier molecular flexibility index (Phi) is 2.18. The smallest absolute Gasteiger partial charge is 0.492 e. The minimum absolute atomic E-state index is 0.190. The molecule has 2 nitrogen and oxygen atoms in total. The Morgan fingerprint density at radius 2 is 2.15 bits per heavy atom. The summed E-state index contributed by atoms with van der Waals surface area (Å²) in [6, 6.07) is 0. The van der Waals surface area contributed by atoms with Crippen LogP contribution in [0.4, 0.5) is 0 Å². The quantitative estimate of drug-likeness (QED) is 0.543. The summed E-state index contributed by atoms with van der Waals surface area (Å²) in [5.74, 6) is 0.977. The van der Waals surface area contributed by atoms with Gasteiger partial charge in [0.2, 0.25) is 0 Å². The average molecular weight is 194 g/mol. The van der Waals surface area contributed by atoms with Crippen LogP contribution < -0.4 is 0 Å². The normalized spacial score (nSPS) is 45.1. The summed E-state index contributed by atoms with van der Waals surface area (Å²) >= 11 is 0.190. The van der Waals surface area contributed by atoms with Crippen LogP contribution in [0.2, 0.25) is 0 Å². The molecule has 0 aromatic heterocycles. The summed E-state index contributed by atoms with van der Waals surface area (Å²) in [7, 11) is 0. The lowest BCUT2D eigenvalue weighted by molar-refractivity contribution is 0.0278. The topological polar surface area (TPSA) is 12.5 Å². The maximum Gasteiger partial charge on any atom is 0.560 e. The fourth-order valence-corrected chi connectivity index (χ4v) is 4.97. The Hall–Kier alpha value is 0.452. The highest BCUT2D eigenvalue weighted by Gasteiger charge is 2.50. The molecule has 2 unspecified atom stereocenters. The predicted molar refractivity (Wildman–Crippen MR) is 52.3 cm³/mol. The molecule has 1 aliphatic carbocycles. The van der Waals surface area contributed by atoms with Crippen LogP contribution >= 0.6 is 0 Å². The van der Waals surface area contributed by atoms with Crippen molar-refractivity contribution in [2.45, 2.75) is 44.1 Å². The van der Waals surface area contributed by atoms with Crippen molar-refractivity contribution in [3.05, 3.63) is 0 Å². The lowest BCUT2D eigenvalue weighted by Gasteiger charge is -2.51. The van der Waals surface area contributed by atoms with Crippen molar-refractivity contribution in [2.24, 2.45) is 5.92 Å². The molecule has 3 rings (SSSR count). The van der Waals surface area contributed by atoms with Crippen LogP contribution in [0, 0.1) is 5.92 Å². The van der Waals surface area contributed by atoms with Gasteiger partial charge < -0.3 is 7.67 Å². The monoisotopic (exact) mass is 194 g/mol. The first-order chi connectivity index (χ1) is 6.42. The van der Waals surface area contributed by atoms with E-state index in [4.69, 9.17) is 3.79 Å². The SMILES string of the molecule is C1CCC23C[O][Al][N]2CCCC3C1. The lowest BCUT2D eigenvalue weighted by Crippen LogP contribution is -2.57. The summed E-state index contributed by atoms with van der Waals surface area (Å²) in [6.45, 7) is 2.39. The van der Waals surface area contributed by atoms with E-state index in [-0.39, 0.29) is 15.8 Å². The minimum Gasteiger partial charge on any atom is -0.492 e. The lowest BCUT2D eigenvalue weighted by atomic mass is 9.69. The first-order valence-electron chi connectivity index (χ1n) is 5.63. The van der Waals surface area contributed by atoms with Gasteiger partial charge in [-0.1, -0.05) is 12.8 Å². The summed E-state index contributed by atoms with van der Waals surface area (Å²) < 4.78 is 8.47. The Morgan fingerprint density at radius 1 is 1.23 bits per heavy atom. The summed E-state index contributed by atoms with van der Waals surface area (Å²) in [5, 5.41) is 0. The second kappa shape index (κ2) is 3.24. The van der Waals surface area contributed by atoms with Crippen LogP contribution in [0.5, 0.6) is 0 Å². The predicted octanol–water partition coefficient (Wildman–Crippen LogP) is 1.58. The molecular formula is C10H17AlNO. The van der Waals surface area contributed by atoms with Crippen molar-refractivity contribution < 1.29 is 3.79 Å². The third-order valence-corrected chi connectivity index (χ3v) is 5.57. The third-order valence-electron chi connectivity index (χ3n) is 4.23. The van der Waals surface area contributed by atoms with Gasteiger partial charge in [0.1, 0.15) is 0 Å². The molecule has 0 N–H and O–H groups in total. The molecule has 0 bridgehead atoms. The molecule has 2 saturated heterocycles. The number of rotatable bonds is 0. The van der Waals surface area contributed by atoms with Gasteiger partial charge in [0.05, 0.1) is 0 Å². The van der Waals surface area contributed by atoms with Gasteiger partial charge in [-0.15, -0.1) is 0 Å². The van der Waals surface area contributed by atoms with Crippen molar-refractivity contribution in [2.75, 3.05) is 13.2 Å². The molecule has 3 heteroatoms. The fraction of sp³-hybridized carbons (Fsp3) is 1.00. The molecule has 2 heterocycles. The van der Waals surface area contributed by atoms with Gasteiger partial charge in [0.25, 0.3) is 0 Å². The molecule has 0 aromatic rings. The van der Waals surface area contributed by atoms with E-state index < -0.39 is 0 Å². The summed E-state index contributed by atoms with van der Waals surface area (Å²) in [4.78, 5) is 0. The maximum absolute atomic E-state index is 5.76. The van der Waals surface area contributed by atoms with Gasteiger partial charge in [0, 0.05) is 12.1 Å². The minimum atomic E-state index is 0.190. The van der Waals surface area contributed by atoms with Gasteiger partial charge in [-0.05, 0) is 38.1 Å². The van der Waals surface area contributed by atoms with Gasteiger partial charge in [-0.2, -0.15) is 0 Å². The molecule has 3 aliphatic rings. The maximum atomic E-state index is 5.76. The van der Waals surface area contributed by atoms with Crippen LogP contribution in [-0.2, 0) is 3.79 Å². The van der Waals surface area contributed by atoms with Gasteiger partial charge >= 0.3 is 15.8 Å². The van der Waals surface area contributed by atoms with Crippen LogP contribution in [0.1, 0.15) is 38.5 Å². The molecule has 13 heavy (non-hydrogen) atoms. The van der Waals surface area contributed by atoms with Gasteiger partial charge in [-0.25, -0.2) is 0 Å². The number of hydrogen-bond donors (Lipinski definition) is 0. The van der Waals surface area contributed by atoms with E-state index in [9.17, 15) is 0 Å². The highest BCUT2D eigenvalue weighted by Crippen LogP contribution is 2.45. The second-order valence-electron chi connectivity index (χ2n) is 4.80. The van der Waals surface area contributed by atoms with Crippen molar-refractivity contribution in [1.29, 1.82) is 0 Å². The molecule has 71 valence electrons. The van der Waals surface area contributed by atoms with E-state index in [1.165, 1.54) is 45.1 Å². The first kappa shape index (κ1) is 8.74. The van der Waals surface area contributed by atoms with Crippen LogP contribution in [0.3, 0.4) is 0 Å². The Bertz CT molecular complexity index is 209. The van der Waals surface area contributed by atoms with Gasteiger partial charge in [0.15, 0.2) is 0 Å². The van der Waals surface area contributed by atoms with Crippen LogP contribution in [0.25, 0.3) is 0 Å². The zero-order valence-corrected chi connectivity index (χ0v) is 9.32. The molecule has 2 aliphatic heterocycles. The zero-order valence-electron chi connectivity index (χ0n) is 8.17. The van der Waals surface area contributed by atoms with Crippen LogP contribution in [-0.4, -0.2) is 38.3 Å². The highest BCUT2D eigenvalue weighted by molar-refractivity contribution is 6.24. The van der Waals surface area contributed by atoms with E-state index in [0.29, 0.717) is 5.54 Å². The molecule has 1 spiro atoms. The van der Waals surface area contributed by atoms with Crippen molar-refractivity contribution in [3.63, 3.8) is 0 Å². The van der Waals surface area contributed by atoms with Crippen molar-refractivity contribution >= 4 is 15.8 Å². The molecular weight excluding hydrogens is 177 g/mol. The molecule has 3 fully saturated rings. The highest BCUT2D eigenvalue weighted by atomic mass is 27.1. The average Bonchev–Trinajstić information content (AvgIpc) is 2.58. The molecule has 1 radical (unpaired) electrons. The number of hydrogen-bond acceptors (Lipinski definition) is 2. The summed E-state index contributed by atoms with van der Waals surface area (Å²) in [5.41, 5.74) is 0.534. The van der Waals surface area contributed by atoms with E-state index in [0.717, 1.165) is 12.5 Å². The standard InChI is InChI=1S/C10H17NO.Al/c12-8-10-6-2-1-4-9(10)5-3-7-11-10;/h9H,1-8H2;/q-2;+2. The Balaban J connectivity index is 1.89. The zero-order chi connectivity index (χ0) is 8.73. The molecule has 0 amide bonds. The summed E-state index contributed by atoms with van der Waals surface area (Å²) in [6.07, 6.45) is 8.69. The van der Waals surface area contributed by atoms with E-state index in [1.54, 1.807) is 0 Å². The largest absolute Gasteiger partial charge is 0.560 e.